The van der Waals surface area contributed by atoms with E-state index < -0.39 is 0 Å². The Kier molecular flexibility index (Phi) is 12.6. The first kappa shape index (κ1) is 47.0. The Labute approximate surface area is 400 Å². The van der Waals surface area contributed by atoms with E-state index in [2.05, 4.69) is 229 Å². The normalized spacial score (nSPS) is 12.3. The number of phenolic OH excluding ortho intramolecular Hbond substituents is 1. The summed E-state index contributed by atoms with van der Waals surface area (Å²) >= 11 is 0. The van der Waals surface area contributed by atoms with Crippen molar-refractivity contribution in [3.63, 3.8) is 0 Å². The van der Waals surface area contributed by atoms with Gasteiger partial charge in [-0.1, -0.05) is 175 Å². The Morgan fingerprint density at radius 2 is 1.33 bits per heavy atom. The van der Waals surface area contributed by atoms with Gasteiger partial charge in [0, 0.05) is 17.3 Å². The molecule has 0 saturated carbocycles. The van der Waals surface area contributed by atoms with E-state index in [4.69, 9.17) is 9.97 Å². The Morgan fingerprint density at radius 1 is 0.642 bits per heavy atom. The van der Waals surface area contributed by atoms with Crippen molar-refractivity contribution >= 4 is 16.6 Å². The third-order valence-corrected chi connectivity index (χ3v) is 13.4. The fourth-order valence-corrected chi connectivity index (χ4v) is 9.50. The summed E-state index contributed by atoms with van der Waals surface area (Å²) in [6.07, 6.45) is 3.89. The molecule has 0 saturated heterocycles. The second-order valence-electron chi connectivity index (χ2n) is 22.0. The second-order valence-corrected chi connectivity index (χ2v) is 22.0. The number of fused-ring (bicyclic) bond motifs is 1. The molecule has 0 unspecified atom stereocenters. The number of benzene rings is 6. The number of imidazole rings is 1. The maximum atomic E-state index is 12.4. The molecule has 0 bridgehead atoms. The lowest BCUT2D eigenvalue weighted by Gasteiger charge is -2.26. The largest absolute Gasteiger partial charge is 0.507 e. The molecule has 0 aliphatic heterocycles. The van der Waals surface area contributed by atoms with Gasteiger partial charge in [-0.25, -0.2) is 4.98 Å². The van der Waals surface area contributed by atoms with Gasteiger partial charge in [-0.05, 0) is 151 Å². The Hall–Kier alpha value is -6.52. The predicted octanol–water partition coefficient (Wildman–Crippen LogP) is 17.6. The lowest BCUT2D eigenvalue weighted by atomic mass is 9.78. The number of pyridine rings is 1. The first-order valence-electron chi connectivity index (χ1n) is 24.2. The second kappa shape index (κ2) is 17.9. The van der Waals surface area contributed by atoms with Crippen LogP contribution in [0.1, 0.15) is 135 Å². The summed E-state index contributed by atoms with van der Waals surface area (Å²) in [5.41, 5.74) is 20.0. The topological polar surface area (TPSA) is 50.9 Å². The summed E-state index contributed by atoms with van der Waals surface area (Å²) in [5, 5.41) is 12.4. The summed E-state index contributed by atoms with van der Waals surface area (Å²) in [6.45, 7) is 33.7. The minimum atomic E-state index is -0.165. The monoisotopic (exact) mass is 884 g/mol. The van der Waals surface area contributed by atoms with Crippen LogP contribution in [-0.4, -0.2) is 19.6 Å². The van der Waals surface area contributed by atoms with Crippen molar-refractivity contribution in [2.45, 2.75) is 125 Å². The number of hydrogen-bond donors (Lipinski definition) is 1. The number of nitrogens with zero attached hydrogens (tertiary/aromatic N) is 3. The van der Waals surface area contributed by atoms with Crippen LogP contribution in [0.3, 0.4) is 0 Å². The van der Waals surface area contributed by atoms with Crippen molar-refractivity contribution < 1.29 is 5.11 Å². The third-order valence-electron chi connectivity index (χ3n) is 13.4. The predicted molar refractivity (Wildman–Crippen MR) is 287 cm³/mol. The first-order valence-corrected chi connectivity index (χ1v) is 24.2. The molecule has 6 aromatic carbocycles. The molecule has 2 heterocycles. The van der Waals surface area contributed by atoms with Crippen molar-refractivity contribution in [1.29, 1.82) is 0 Å². The Morgan fingerprint density at radius 3 is 1.99 bits per heavy atom. The van der Waals surface area contributed by atoms with E-state index >= 15 is 0 Å². The van der Waals surface area contributed by atoms with Gasteiger partial charge in [0.15, 0.2) is 0 Å². The van der Waals surface area contributed by atoms with Gasteiger partial charge >= 0.3 is 0 Å². The fraction of sp³-hybridized carbons (Fsp3) is 0.302. The van der Waals surface area contributed by atoms with Crippen molar-refractivity contribution in [3.8, 4) is 67.5 Å². The molecule has 2 aromatic heterocycles. The van der Waals surface area contributed by atoms with Crippen LogP contribution in [-0.2, 0) is 16.2 Å². The van der Waals surface area contributed by atoms with Crippen LogP contribution in [0, 0.1) is 6.92 Å². The van der Waals surface area contributed by atoms with E-state index in [1.54, 1.807) is 0 Å². The molecule has 0 atom stereocenters. The van der Waals surface area contributed by atoms with E-state index in [1.807, 2.05) is 6.20 Å². The summed E-state index contributed by atoms with van der Waals surface area (Å²) < 4.78 is 2.29. The highest BCUT2D eigenvalue weighted by molar-refractivity contribution is 5.97. The summed E-state index contributed by atoms with van der Waals surface area (Å²) in [5.74, 6) is 1.08. The van der Waals surface area contributed by atoms with Gasteiger partial charge in [0.25, 0.3) is 0 Å². The van der Waals surface area contributed by atoms with Crippen LogP contribution in [0.5, 0.6) is 5.75 Å². The van der Waals surface area contributed by atoms with Gasteiger partial charge in [0.05, 0.1) is 28.0 Å². The van der Waals surface area contributed by atoms with Crippen molar-refractivity contribution in [2.24, 2.45) is 0 Å². The number of para-hydroxylation sites is 1. The average molecular weight is 884 g/mol. The molecule has 4 nitrogen and oxygen atoms in total. The maximum absolute atomic E-state index is 12.4. The van der Waals surface area contributed by atoms with E-state index in [0.717, 1.165) is 90.9 Å². The highest BCUT2D eigenvalue weighted by Gasteiger charge is 2.28. The molecule has 8 aromatic rings. The van der Waals surface area contributed by atoms with E-state index in [0.29, 0.717) is 5.82 Å². The molecule has 0 fully saturated rings. The van der Waals surface area contributed by atoms with Crippen LogP contribution in [0.4, 0.5) is 0 Å². The molecule has 0 spiro atoms. The standard InChI is InChI=1S/C63H69N3O/c1-15-21-40(4)49-24-19-26-53(63(12,13)14)57(49)44-28-29-55(41(5)32-44)66-56-27-20-25-50(58(56)65-60(66)52-38-48(62(9,10)11)37-51(39(2)3)59(52)67)45-33-46(35-47(34-45)61(6,7)8)54-36-43(30-31-64-54)42-22-17-16-18-23-42/h16-20,22-39,67H,4,15,21H2,1-3,5-14H3. The van der Waals surface area contributed by atoms with Gasteiger partial charge in [-0.2, -0.15) is 0 Å². The summed E-state index contributed by atoms with van der Waals surface area (Å²) in [4.78, 5) is 10.6. The SMILES string of the molecule is C=C(CCC)c1cccc(C(C)(C)C)c1-c1ccc(-n2c(-c3cc(C(C)(C)C)cc(C(C)C)c3O)nc3c(-c4cc(-c5cc(-c6ccccc6)ccn5)cc(C(C)(C)C)c4)cccc32)c(C)c1. The maximum Gasteiger partial charge on any atom is 0.149 e. The molecule has 0 aliphatic rings. The first-order chi connectivity index (χ1) is 31.6. The van der Waals surface area contributed by atoms with Gasteiger partial charge in [0.2, 0.25) is 0 Å². The van der Waals surface area contributed by atoms with Gasteiger partial charge < -0.3 is 5.11 Å². The zero-order valence-corrected chi connectivity index (χ0v) is 42.2. The smallest absolute Gasteiger partial charge is 0.149 e. The van der Waals surface area contributed by atoms with Crippen LogP contribution in [0.25, 0.3) is 78.3 Å². The third kappa shape index (κ3) is 9.29. The minimum Gasteiger partial charge on any atom is -0.507 e. The van der Waals surface area contributed by atoms with Crippen LogP contribution in [0.15, 0.2) is 140 Å². The molecule has 0 aliphatic carbocycles. The summed E-state index contributed by atoms with van der Waals surface area (Å²) in [6, 6.07) is 46.1. The highest BCUT2D eigenvalue weighted by Crippen LogP contribution is 2.46. The number of aryl methyl sites for hydroxylation is 1. The molecule has 0 radical (unpaired) electrons. The Bertz CT molecular complexity index is 3140. The average Bonchev–Trinajstić information content (AvgIpc) is 3.67. The Balaban J connectivity index is 1.41. The van der Waals surface area contributed by atoms with Crippen LogP contribution in [0.2, 0.25) is 0 Å². The van der Waals surface area contributed by atoms with Crippen molar-refractivity contribution in [1.82, 2.24) is 14.5 Å². The zero-order valence-electron chi connectivity index (χ0n) is 42.2. The molecule has 67 heavy (non-hydrogen) atoms. The van der Waals surface area contributed by atoms with E-state index in [9.17, 15) is 5.11 Å². The van der Waals surface area contributed by atoms with Gasteiger partial charge in [0.1, 0.15) is 11.6 Å². The number of allylic oxidation sites excluding steroid dienone is 1. The molecule has 342 valence electrons. The lowest BCUT2D eigenvalue weighted by molar-refractivity contribution is 0.464. The number of rotatable bonds is 10. The highest BCUT2D eigenvalue weighted by atomic mass is 16.3. The van der Waals surface area contributed by atoms with Gasteiger partial charge in [-0.15, -0.1) is 0 Å². The number of aromatic hydroxyl groups is 1. The van der Waals surface area contributed by atoms with Gasteiger partial charge in [-0.3, -0.25) is 9.55 Å². The number of aromatic nitrogens is 3. The number of hydrogen-bond acceptors (Lipinski definition) is 3. The molecule has 8 rings (SSSR count). The van der Waals surface area contributed by atoms with E-state index in [1.165, 1.54) is 27.8 Å². The van der Waals surface area contributed by atoms with Crippen molar-refractivity contribution in [3.05, 3.63) is 174 Å². The molecule has 0 amide bonds. The quantitative estimate of drug-likeness (QED) is 0.149. The molecule has 4 heteroatoms. The zero-order chi connectivity index (χ0) is 48.2. The van der Waals surface area contributed by atoms with E-state index in [-0.39, 0.29) is 27.9 Å². The summed E-state index contributed by atoms with van der Waals surface area (Å²) in [7, 11) is 0. The molecular weight excluding hydrogens is 815 g/mol. The van der Waals surface area contributed by atoms with Crippen LogP contribution < -0.4 is 0 Å². The number of phenols is 1. The molecular formula is C63H69N3O. The lowest BCUT2D eigenvalue weighted by Crippen LogP contribution is -2.14. The minimum absolute atomic E-state index is 0.0802. The van der Waals surface area contributed by atoms with Crippen LogP contribution >= 0.6 is 0 Å². The molecule has 1 N–H and O–H groups in total. The van der Waals surface area contributed by atoms with Crippen molar-refractivity contribution in [2.75, 3.05) is 0 Å². The fourth-order valence-electron chi connectivity index (χ4n) is 9.50.